The van der Waals surface area contributed by atoms with Crippen molar-refractivity contribution in [2.75, 3.05) is 20.6 Å². The zero-order valence-electron chi connectivity index (χ0n) is 10.0. The van der Waals surface area contributed by atoms with E-state index in [-0.39, 0.29) is 23.1 Å². The van der Waals surface area contributed by atoms with Crippen molar-refractivity contribution in [3.8, 4) is 6.07 Å². The SMILES string of the molecule is CN(C)C(=O)CCNS(=O)(=O)c1ccc(C#N)s1. The average Bonchev–Trinajstić information content (AvgIpc) is 2.77. The zero-order valence-corrected chi connectivity index (χ0v) is 11.6. The molecule has 0 bridgehead atoms. The van der Waals surface area contributed by atoms with E-state index >= 15 is 0 Å². The number of carbonyl (C=O) groups is 1. The molecule has 0 aliphatic heterocycles. The van der Waals surface area contributed by atoms with Crippen molar-refractivity contribution in [2.24, 2.45) is 0 Å². The van der Waals surface area contributed by atoms with Crippen LogP contribution in [0.2, 0.25) is 0 Å². The lowest BCUT2D eigenvalue weighted by molar-refractivity contribution is -0.128. The molecule has 6 nitrogen and oxygen atoms in total. The molecule has 0 saturated heterocycles. The van der Waals surface area contributed by atoms with Gasteiger partial charge in [0.25, 0.3) is 0 Å². The van der Waals surface area contributed by atoms with Gasteiger partial charge in [-0.25, -0.2) is 13.1 Å². The maximum absolute atomic E-state index is 11.8. The number of nitriles is 1. The van der Waals surface area contributed by atoms with E-state index in [2.05, 4.69) is 4.72 Å². The minimum absolute atomic E-state index is 0.0408. The molecule has 0 atom stereocenters. The molecule has 1 aromatic heterocycles. The second-order valence-electron chi connectivity index (χ2n) is 3.67. The molecule has 0 spiro atoms. The predicted molar refractivity (Wildman–Crippen MR) is 67.5 cm³/mol. The molecule has 0 unspecified atom stereocenters. The van der Waals surface area contributed by atoms with Crippen LogP contribution < -0.4 is 4.72 Å². The van der Waals surface area contributed by atoms with Crippen LogP contribution in [-0.2, 0) is 14.8 Å². The number of rotatable bonds is 5. The molecule has 0 aliphatic rings. The monoisotopic (exact) mass is 287 g/mol. The number of nitrogens with zero attached hydrogens (tertiary/aromatic N) is 2. The van der Waals surface area contributed by atoms with Gasteiger partial charge in [-0.1, -0.05) is 0 Å². The molecule has 0 fully saturated rings. The summed E-state index contributed by atoms with van der Waals surface area (Å²) in [5.41, 5.74) is 0. The van der Waals surface area contributed by atoms with E-state index in [1.165, 1.54) is 17.0 Å². The van der Waals surface area contributed by atoms with Crippen molar-refractivity contribution in [2.45, 2.75) is 10.6 Å². The summed E-state index contributed by atoms with van der Waals surface area (Å²) in [5, 5.41) is 8.62. The van der Waals surface area contributed by atoms with Gasteiger partial charge in [0.2, 0.25) is 15.9 Å². The van der Waals surface area contributed by atoms with Gasteiger partial charge in [0.1, 0.15) is 15.2 Å². The topological polar surface area (TPSA) is 90.3 Å². The summed E-state index contributed by atoms with van der Waals surface area (Å²) in [5.74, 6) is -0.151. The van der Waals surface area contributed by atoms with Gasteiger partial charge in [-0.15, -0.1) is 11.3 Å². The highest BCUT2D eigenvalue weighted by molar-refractivity contribution is 7.91. The zero-order chi connectivity index (χ0) is 13.8. The first-order chi connectivity index (χ1) is 8.36. The molecule has 0 saturated carbocycles. The van der Waals surface area contributed by atoms with Crippen LogP contribution in [-0.4, -0.2) is 39.9 Å². The Morgan fingerprint density at radius 3 is 2.67 bits per heavy atom. The highest BCUT2D eigenvalue weighted by Gasteiger charge is 2.17. The lowest BCUT2D eigenvalue weighted by Gasteiger charge is -2.10. The number of thiophene rings is 1. The minimum atomic E-state index is -3.62. The Labute approximate surface area is 110 Å². The highest BCUT2D eigenvalue weighted by Crippen LogP contribution is 2.20. The molecule has 18 heavy (non-hydrogen) atoms. The maximum Gasteiger partial charge on any atom is 0.250 e. The number of carbonyl (C=O) groups excluding carboxylic acids is 1. The molecule has 1 amide bonds. The van der Waals surface area contributed by atoms with Gasteiger partial charge < -0.3 is 4.90 Å². The van der Waals surface area contributed by atoms with E-state index in [0.717, 1.165) is 11.3 Å². The Balaban J connectivity index is 2.61. The smallest absolute Gasteiger partial charge is 0.250 e. The molecular formula is C10H13N3O3S2. The van der Waals surface area contributed by atoms with E-state index in [1.54, 1.807) is 14.1 Å². The molecule has 0 aliphatic carbocycles. The van der Waals surface area contributed by atoms with Gasteiger partial charge in [-0.3, -0.25) is 4.79 Å². The summed E-state index contributed by atoms with van der Waals surface area (Å²) in [4.78, 5) is 13.0. The number of hydrogen-bond acceptors (Lipinski definition) is 5. The van der Waals surface area contributed by atoms with Gasteiger partial charge in [0.05, 0.1) is 0 Å². The quantitative estimate of drug-likeness (QED) is 0.847. The van der Waals surface area contributed by atoms with Crippen molar-refractivity contribution in [1.82, 2.24) is 9.62 Å². The van der Waals surface area contributed by atoms with Crippen LogP contribution >= 0.6 is 11.3 Å². The second-order valence-corrected chi connectivity index (χ2v) is 6.74. The lowest BCUT2D eigenvalue weighted by atomic mass is 10.4. The summed E-state index contributed by atoms with van der Waals surface area (Å²) in [6.07, 6.45) is 0.0999. The van der Waals surface area contributed by atoms with E-state index in [4.69, 9.17) is 5.26 Å². The van der Waals surface area contributed by atoms with Gasteiger partial charge in [-0.2, -0.15) is 5.26 Å². The number of hydrogen-bond donors (Lipinski definition) is 1. The normalized spacial score (nSPS) is 10.9. The Morgan fingerprint density at radius 2 is 2.17 bits per heavy atom. The fourth-order valence-corrected chi connectivity index (χ4v) is 3.29. The Morgan fingerprint density at radius 1 is 1.50 bits per heavy atom. The first-order valence-electron chi connectivity index (χ1n) is 5.06. The molecule has 1 N–H and O–H groups in total. The Hall–Kier alpha value is -1.43. The summed E-state index contributed by atoms with van der Waals surface area (Å²) in [6.45, 7) is 0.0408. The van der Waals surface area contributed by atoms with Gasteiger partial charge >= 0.3 is 0 Å². The van der Waals surface area contributed by atoms with Gasteiger partial charge in [-0.05, 0) is 12.1 Å². The van der Waals surface area contributed by atoms with E-state index < -0.39 is 10.0 Å². The fourth-order valence-electron chi connectivity index (χ4n) is 1.11. The Bertz CT molecular complexity index is 569. The summed E-state index contributed by atoms with van der Waals surface area (Å²) >= 11 is 0.898. The van der Waals surface area contributed by atoms with Gasteiger partial charge in [0.15, 0.2) is 0 Å². The summed E-state index contributed by atoms with van der Waals surface area (Å²) in [6, 6.07) is 4.70. The third-order valence-electron chi connectivity index (χ3n) is 2.09. The largest absolute Gasteiger partial charge is 0.349 e. The lowest BCUT2D eigenvalue weighted by Crippen LogP contribution is -2.29. The fraction of sp³-hybridized carbons (Fsp3) is 0.400. The highest BCUT2D eigenvalue weighted by atomic mass is 32.2. The molecule has 0 aromatic carbocycles. The van der Waals surface area contributed by atoms with Crippen LogP contribution in [0.1, 0.15) is 11.3 Å². The van der Waals surface area contributed by atoms with E-state index in [9.17, 15) is 13.2 Å². The standard InChI is InChI=1S/C10H13N3O3S2/c1-13(2)9(14)5-6-12-18(15,16)10-4-3-8(7-11)17-10/h3-4,12H,5-6H2,1-2H3. The maximum atomic E-state index is 11.8. The molecule has 1 heterocycles. The predicted octanol–water partition coefficient (Wildman–Crippen LogP) is 0.376. The van der Waals surface area contributed by atoms with Crippen LogP contribution in [0.15, 0.2) is 16.3 Å². The molecule has 0 radical (unpaired) electrons. The van der Waals surface area contributed by atoms with Crippen molar-refractivity contribution >= 4 is 27.3 Å². The molecule has 1 aromatic rings. The molecule has 8 heteroatoms. The molecule has 98 valence electrons. The molecular weight excluding hydrogens is 274 g/mol. The third-order valence-corrected chi connectivity index (χ3v) is 5.03. The average molecular weight is 287 g/mol. The van der Waals surface area contributed by atoms with Crippen LogP contribution in [0.4, 0.5) is 0 Å². The van der Waals surface area contributed by atoms with Crippen molar-refractivity contribution in [3.05, 3.63) is 17.0 Å². The third kappa shape index (κ3) is 3.80. The molecule has 1 rings (SSSR count). The minimum Gasteiger partial charge on any atom is -0.349 e. The first-order valence-corrected chi connectivity index (χ1v) is 7.36. The van der Waals surface area contributed by atoms with Crippen molar-refractivity contribution in [1.29, 1.82) is 5.26 Å². The van der Waals surface area contributed by atoms with E-state index in [0.29, 0.717) is 4.88 Å². The van der Waals surface area contributed by atoms with Crippen LogP contribution in [0.5, 0.6) is 0 Å². The van der Waals surface area contributed by atoms with E-state index in [1.807, 2.05) is 6.07 Å². The van der Waals surface area contributed by atoms with Crippen molar-refractivity contribution < 1.29 is 13.2 Å². The second kappa shape index (κ2) is 5.95. The van der Waals surface area contributed by atoms with Crippen LogP contribution in [0.25, 0.3) is 0 Å². The summed E-state index contributed by atoms with van der Waals surface area (Å²) < 4.78 is 26.0. The number of nitrogens with one attached hydrogen (secondary N) is 1. The first kappa shape index (κ1) is 14.6. The Kier molecular flexibility index (Phi) is 4.84. The number of amides is 1. The van der Waals surface area contributed by atoms with Gasteiger partial charge in [0, 0.05) is 27.1 Å². The van der Waals surface area contributed by atoms with Crippen molar-refractivity contribution in [3.63, 3.8) is 0 Å². The van der Waals surface area contributed by atoms with Crippen LogP contribution in [0.3, 0.4) is 0 Å². The summed E-state index contributed by atoms with van der Waals surface area (Å²) in [7, 11) is -0.411. The van der Waals surface area contributed by atoms with Crippen LogP contribution in [0, 0.1) is 11.3 Å². The number of sulfonamides is 1.